The second kappa shape index (κ2) is 7.25. The molecule has 2 amide bonds. The van der Waals surface area contributed by atoms with Crippen LogP contribution < -0.4 is 21.1 Å². The van der Waals surface area contributed by atoms with Crippen molar-refractivity contribution in [3.63, 3.8) is 0 Å². The topological polar surface area (TPSA) is 93.4 Å². The molecule has 0 aliphatic rings. The average Bonchev–Trinajstić information content (AvgIpc) is 2.38. The molecule has 0 bridgehead atoms. The molecule has 0 aromatic heterocycles. The van der Waals surface area contributed by atoms with Crippen LogP contribution in [0.4, 0.5) is 5.69 Å². The molecule has 0 radical (unpaired) electrons. The van der Waals surface area contributed by atoms with Crippen LogP contribution in [0.3, 0.4) is 0 Å². The summed E-state index contributed by atoms with van der Waals surface area (Å²) in [7, 11) is 1.53. The molecule has 1 rings (SSSR count). The lowest BCUT2D eigenvalue weighted by Crippen LogP contribution is -2.40. The van der Waals surface area contributed by atoms with E-state index in [1.807, 2.05) is 13.0 Å². The van der Waals surface area contributed by atoms with Crippen LogP contribution >= 0.6 is 0 Å². The maximum Gasteiger partial charge on any atom is 0.240 e. The number of para-hydroxylation sites is 2. The van der Waals surface area contributed by atoms with Gasteiger partial charge in [0.15, 0.2) is 0 Å². The van der Waals surface area contributed by atoms with Gasteiger partial charge in [0.2, 0.25) is 11.8 Å². The normalized spacial score (nSPS) is 11.5. The van der Waals surface area contributed by atoms with E-state index in [0.717, 1.165) is 0 Å². The highest BCUT2D eigenvalue weighted by Gasteiger charge is 2.20. The van der Waals surface area contributed by atoms with Gasteiger partial charge in [-0.2, -0.15) is 0 Å². The number of primary amides is 1. The van der Waals surface area contributed by atoms with Crippen LogP contribution in [0.5, 0.6) is 5.75 Å². The quantitative estimate of drug-likeness (QED) is 0.668. The van der Waals surface area contributed by atoms with E-state index >= 15 is 0 Å². The molecule has 0 saturated heterocycles. The number of hydrogen-bond donors (Lipinski definition) is 3. The van der Waals surface area contributed by atoms with Crippen molar-refractivity contribution in [2.24, 2.45) is 5.73 Å². The average molecular weight is 265 g/mol. The fourth-order valence-corrected chi connectivity index (χ4v) is 1.63. The Hall–Kier alpha value is -2.24. The van der Waals surface area contributed by atoms with Crippen molar-refractivity contribution >= 4 is 17.5 Å². The third-order valence-electron chi connectivity index (χ3n) is 2.54. The Morgan fingerprint density at radius 3 is 2.63 bits per heavy atom. The SMILES string of the molecule is CCNC(=O)CC(Nc1ccccc1OC)C(N)=O. The van der Waals surface area contributed by atoms with E-state index in [4.69, 9.17) is 10.5 Å². The molecular weight excluding hydrogens is 246 g/mol. The summed E-state index contributed by atoms with van der Waals surface area (Å²) in [4.78, 5) is 22.9. The molecule has 4 N–H and O–H groups in total. The van der Waals surface area contributed by atoms with Gasteiger partial charge in [0, 0.05) is 6.54 Å². The predicted octanol–water partition coefficient (Wildman–Crippen LogP) is 0.487. The predicted molar refractivity (Wildman–Crippen MR) is 72.9 cm³/mol. The number of carbonyl (C=O) groups is 2. The first-order chi connectivity index (χ1) is 9.08. The summed E-state index contributed by atoms with van der Waals surface area (Å²) < 4.78 is 5.16. The molecule has 0 saturated carbocycles. The zero-order chi connectivity index (χ0) is 14.3. The van der Waals surface area contributed by atoms with Crippen LogP contribution in [0.2, 0.25) is 0 Å². The van der Waals surface area contributed by atoms with Gasteiger partial charge in [0.1, 0.15) is 11.8 Å². The van der Waals surface area contributed by atoms with Crippen LogP contribution in [0.1, 0.15) is 13.3 Å². The van der Waals surface area contributed by atoms with Crippen LogP contribution in [0.15, 0.2) is 24.3 Å². The third kappa shape index (κ3) is 4.50. The van der Waals surface area contributed by atoms with E-state index in [0.29, 0.717) is 18.0 Å². The number of nitrogens with one attached hydrogen (secondary N) is 2. The molecule has 104 valence electrons. The maximum atomic E-state index is 11.5. The summed E-state index contributed by atoms with van der Waals surface area (Å²) >= 11 is 0. The van der Waals surface area contributed by atoms with Crippen LogP contribution in [0, 0.1) is 0 Å². The van der Waals surface area contributed by atoms with Crippen molar-refractivity contribution in [3.8, 4) is 5.75 Å². The van der Waals surface area contributed by atoms with Crippen molar-refractivity contribution in [3.05, 3.63) is 24.3 Å². The Labute approximate surface area is 112 Å². The van der Waals surface area contributed by atoms with E-state index < -0.39 is 11.9 Å². The van der Waals surface area contributed by atoms with Crippen LogP contribution in [-0.4, -0.2) is 31.5 Å². The molecular formula is C13H19N3O3. The molecule has 1 atom stereocenters. The molecule has 0 heterocycles. The van der Waals surface area contributed by atoms with Crippen molar-refractivity contribution < 1.29 is 14.3 Å². The minimum atomic E-state index is -0.775. The van der Waals surface area contributed by atoms with Crippen LogP contribution in [-0.2, 0) is 9.59 Å². The second-order valence-electron chi connectivity index (χ2n) is 3.96. The van der Waals surface area contributed by atoms with E-state index in [1.165, 1.54) is 7.11 Å². The summed E-state index contributed by atoms with van der Waals surface area (Å²) in [5, 5.41) is 5.55. The van der Waals surface area contributed by atoms with Crippen molar-refractivity contribution in [2.45, 2.75) is 19.4 Å². The van der Waals surface area contributed by atoms with Crippen molar-refractivity contribution in [2.75, 3.05) is 19.0 Å². The fraction of sp³-hybridized carbons (Fsp3) is 0.385. The number of amides is 2. The van der Waals surface area contributed by atoms with Gasteiger partial charge in [0.25, 0.3) is 0 Å². The Morgan fingerprint density at radius 1 is 1.37 bits per heavy atom. The number of rotatable bonds is 7. The zero-order valence-electron chi connectivity index (χ0n) is 11.1. The number of nitrogens with two attached hydrogens (primary N) is 1. The van der Waals surface area contributed by atoms with Gasteiger partial charge in [-0.1, -0.05) is 12.1 Å². The molecule has 0 fully saturated rings. The Bertz CT molecular complexity index is 449. The fourth-order valence-electron chi connectivity index (χ4n) is 1.63. The van der Waals surface area contributed by atoms with Gasteiger partial charge in [-0.15, -0.1) is 0 Å². The lowest BCUT2D eigenvalue weighted by atomic mass is 10.1. The lowest BCUT2D eigenvalue weighted by molar-refractivity contribution is -0.125. The van der Waals surface area contributed by atoms with Crippen LogP contribution in [0.25, 0.3) is 0 Å². The molecule has 0 spiro atoms. The standard InChI is InChI=1S/C13H19N3O3/c1-3-15-12(17)8-10(13(14)18)16-9-6-4-5-7-11(9)19-2/h4-7,10,16H,3,8H2,1-2H3,(H2,14,18)(H,15,17). The first-order valence-electron chi connectivity index (χ1n) is 6.04. The Balaban J connectivity index is 2.78. The number of anilines is 1. The zero-order valence-corrected chi connectivity index (χ0v) is 11.1. The molecule has 19 heavy (non-hydrogen) atoms. The van der Waals surface area contributed by atoms with Crippen molar-refractivity contribution in [1.82, 2.24) is 5.32 Å². The number of hydrogen-bond acceptors (Lipinski definition) is 4. The summed E-state index contributed by atoms with van der Waals surface area (Å²) in [5.74, 6) is -0.226. The Kier molecular flexibility index (Phi) is 5.66. The van der Waals surface area contributed by atoms with Crippen molar-refractivity contribution in [1.29, 1.82) is 0 Å². The highest BCUT2D eigenvalue weighted by atomic mass is 16.5. The molecule has 6 nitrogen and oxygen atoms in total. The highest BCUT2D eigenvalue weighted by molar-refractivity contribution is 5.89. The molecule has 1 unspecified atom stereocenters. The minimum absolute atomic E-state index is 0.0127. The molecule has 1 aromatic rings. The molecule has 0 aliphatic carbocycles. The van der Waals surface area contributed by atoms with Gasteiger partial charge in [-0.25, -0.2) is 0 Å². The smallest absolute Gasteiger partial charge is 0.240 e. The van der Waals surface area contributed by atoms with E-state index in [9.17, 15) is 9.59 Å². The van der Waals surface area contributed by atoms with Gasteiger partial charge >= 0.3 is 0 Å². The van der Waals surface area contributed by atoms with E-state index in [-0.39, 0.29) is 12.3 Å². The largest absolute Gasteiger partial charge is 0.495 e. The van der Waals surface area contributed by atoms with Gasteiger partial charge in [-0.3, -0.25) is 9.59 Å². The maximum absolute atomic E-state index is 11.5. The molecule has 1 aromatic carbocycles. The minimum Gasteiger partial charge on any atom is -0.495 e. The molecule has 6 heteroatoms. The second-order valence-corrected chi connectivity index (χ2v) is 3.96. The number of ether oxygens (including phenoxy) is 1. The first-order valence-corrected chi connectivity index (χ1v) is 6.04. The summed E-state index contributed by atoms with van der Waals surface area (Å²) in [6, 6.07) is 6.35. The Morgan fingerprint density at radius 2 is 2.05 bits per heavy atom. The van der Waals surface area contributed by atoms with Gasteiger partial charge in [0.05, 0.1) is 19.2 Å². The van der Waals surface area contributed by atoms with E-state index in [2.05, 4.69) is 10.6 Å². The summed E-state index contributed by atoms with van der Waals surface area (Å²) in [6.45, 7) is 2.32. The number of methoxy groups -OCH3 is 1. The first kappa shape index (κ1) is 14.8. The third-order valence-corrected chi connectivity index (χ3v) is 2.54. The summed E-state index contributed by atoms with van der Waals surface area (Å²) in [5.41, 5.74) is 5.92. The highest BCUT2D eigenvalue weighted by Crippen LogP contribution is 2.24. The lowest BCUT2D eigenvalue weighted by Gasteiger charge is -2.18. The monoisotopic (exact) mass is 265 g/mol. The number of benzene rings is 1. The number of carbonyl (C=O) groups excluding carboxylic acids is 2. The van der Waals surface area contributed by atoms with E-state index in [1.54, 1.807) is 18.2 Å². The summed E-state index contributed by atoms with van der Waals surface area (Å²) in [6.07, 6.45) is -0.0127. The van der Waals surface area contributed by atoms with Gasteiger partial charge < -0.3 is 21.1 Å². The van der Waals surface area contributed by atoms with Gasteiger partial charge in [-0.05, 0) is 19.1 Å². The molecule has 0 aliphatic heterocycles.